The molecule has 4 nitrogen and oxygen atoms in total. The predicted octanol–water partition coefficient (Wildman–Crippen LogP) is 3.48. The Bertz CT molecular complexity index is 725. The highest BCUT2D eigenvalue weighted by Gasteiger charge is 2.31. The summed E-state index contributed by atoms with van der Waals surface area (Å²) in [6, 6.07) is 10.1. The monoisotopic (exact) mass is 282 g/mol. The molecule has 0 bridgehead atoms. The number of hydrogen-bond donors (Lipinski definition) is 1. The number of fused-ring (bicyclic) bond motifs is 1. The first-order valence-corrected chi connectivity index (χ1v) is 7.07. The van der Waals surface area contributed by atoms with E-state index in [1.807, 2.05) is 38.1 Å². The molecule has 1 aromatic heterocycles. The number of pyridine rings is 1. The van der Waals surface area contributed by atoms with Gasteiger partial charge in [-0.3, -0.25) is 0 Å². The minimum Gasteiger partial charge on any atom is -0.478 e. The molecule has 3 rings (SSSR count). The van der Waals surface area contributed by atoms with Gasteiger partial charge in [-0.25, -0.2) is 9.78 Å². The predicted molar refractivity (Wildman–Crippen MR) is 82.4 cm³/mol. The molecule has 1 N–H and O–H groups in total. The fourth-order valence-electron chi connectivity index (χ4n) is 3.14. The van der Waals surface area contributed by atoms with Crippen LogP contribution in [-0.4, -0.2) is 22.1 Å². The molecule has 0 radical (unpaired) electrons. The Balaban J connectivity index is 2.23. The summed E-state index contributed by atoms with van der Waals surface area (Å²) in [5.41, 5.74) is 4.18. The number of carboxylic acid groups (broad SMARTS) is 1. The Hall–Kier alpha value is -2.36. The molecule has 2 heterocycles. The molecular weight excluding hydrogens is 264 g/mol. The summed E-state index contributed by atoms with van der Waals surface area (Å²) in [7, 11) is 0. The highest BCUT2D eigenvalue weighted by Crippen LogP contribution is 2.39. The standard InChI is InChI=1S/C17H18N2O2/c1-10-8-11(2)18-16(15(10)17(20)21)19-12(3)9-13-6-4-5-7-14(13)19/h4-8,12H,9H2,1-3H3,(H,20,21). The lowest BCUT2D eigenvalue weighted by atomic mass is 10.1. The van der Waals surface area contributed by atoms with Gasteiger partial charge in [-0.05, 0) is 50.5 Å². The van der Waals surface area contributed by atoms with E-state index in [1.54, 1.807) is 0 Å². The topological polar surface area (TPSA) is 53.4 Å². The average molecular weight is 282 g/mol. The van der Waals surface area contributed by atoms with E-state index in [4.69, 9.17) is 0 Å². The maximum absolute atomic E-state index is 11.7. The third-order valence-electron chi connectivity index (χ3n) is 3.97. The molecule has 0 saturated carbocycles. The molecule has 108 valence electrons. The van der Waals surface area contributed by atoms with Gasteiger partial charge in [-0.1, -0.05) is 18.2 Å². The molecule has 1 aromatic carbocycles. The second kappa shape index (κ2) is 4.88. The van der Waals surface area contributed by atoms with E-state index in [0.717, 1.165) is 23.4 Å². The summed E-state index contributed by atoms with van der Waals surface area (Å²) in [5, 5.41) is 9.57. The summed E-state index contributed by atoms with van der Waals surface area (Å²) in [6.45, 7) is 5.83. The SMILES string of the molecule is Cc1cc(C)c(C(=O)O)c(N2c3ccccc3CC2C)n1. The Kier molecular flexibility index (Phi) is 3.16. The number of aromatic carboxylic acids is 1. The molecule has 0 aliphatic carbocycles. The lowest BCUT2D eigenvalue weighted by molar-refractivity contribution is 0.0696. The van der Waals surface area contributed by atoms with Crippen LogP contribution in [0.2, 0.25) is 0 Å². The maximum atomic E-state index is 11.7. The van der Waals surface area contributed by atoms with E-state index in [1.165, 1.54) is 5.56 Å². The summed E-state index contributed by atoms with van der Waals surface area (Å²) < 4.78 is 0. The van der Waals surface area contributed by atoms with Crippen LogP contribution in [0.15, 0.2) is 30.3 Å². The van der Waals surface area contributed by atoms with Crippen LogP contribution in [0.25, 0.3) is 0 Å². The summed E-state index contributed by atoms with van der Waals surface area (Å²) in [4.78, 5) is 18.2. The summed E-state index contributed by atoms with van der Waals surface area (Å²) in [6.07, 6.45) is 0.907. The smallest absolute Gasteiger partial charge is 0.339 e. The van der Waals surface area contributed by atoms with E-state index in [0.29, 0.717) is 11.4 Å². The van der Waals surface area contributed by atoms with Gasteiger partial charge in [0.1, 0.15) is 11.4 Å². The first-order chi connectivity index (χ1) is 9.99. The Labute approximate surface area is 124 Å². The molecule has 1 atom stereocenters. The number of carboxylic acids is 1. The fourth-order valence-corrected chi connectivity index (χ4v) is 3.14. The summed E-state index contributed by atoms with van der Waals surface area (Å²) in [5.74, 6) is -0.371. The van der Waals surface area contributed by atoms with Crippen LogP contribution >= 0.6 is 0 Å². The molecule has 2 aromatic rings. The largest absolute Gasteiger partial charge is 0.478 e. The number of carbonyl (C=O) groups is 1. The Morgan fingerprint density at radius 3 is 2.76 bits per heavy atom. The number of para-hydroxylation sites is 1. The van der Waals surface area contributed by atoms with Gasteiger partial charge in [-0.15, -0.1) is 0 Å². The highest BCUT2D eigenvalue weighted by atomic mass is 16.4. The number of nitrogens with zero attached hydrogens (tertiary/aromatic N) is 2. The number of aromatic nitrogens is 1. The molecule has 0 spiro atoms. The molecule has 0 saturated heterocycles. The zero-order chi connectivity index (χ0) is 15.1. The third kappa shape index (κ3) is 2.17. The van der Waals surface area contributed by atoms with Crippen molar-refractivity contribution in [2.45, 2.75) is 33.2 Å². The van der Waals surface area contributed by atoms with Crippen molar-refractivity contribution in [2.24, 2.45) is 0 Å². The lowest BCUT2D eigenvalue weighted by Crippen LogP contribution is -2.27. The van der Waals surface area contributed by atoms with Crippen LogP contribution in [0.3, 0.4) is 0 Å². The Morgan fingerprint density at radius 1 is 1.33 bits per heavy atom. The second-order valence-electron chi connectivity index (χ2n) is 5.64. The minimum atomic E-state index is -0.924. The van der Waals surface area contributed by atoms with Crippen molar-refractivity contribution in [3.8, 4) is 0 Å². The third-order valence-corrected chi connectivity index (χ3v) is 3.97. The zero-order valence-corrected chi connectivity index (χ0v) is 12.4. The van der Waals surface area contributed by atoms with Crippen molar-refractivity contribution in [1.82, 2.24) is 4.98 Å². The van der Waals surface area contributed by atoms with E-state index in [-0.39, 0.29) is 6.04 Å². The van der Waals surface area contributed by atoms with E-state index >= 15 is 0 Å². The maximum Gasteiger partial charge on any atom is 0.339 e. The molecule has 1 aliphatic rings. The van der Waals surface area contributed by atoms with Gasteiger partial charge in [-0.2, -0.15) is 0 Å². The minimum absolute atomic E-state index is 0.203. The van der Waals surface area contributed by atoms with Gasteiger partial charge in [0.25, 0.3) is 0 Å². The van der Waals surface area contributed by atoms with E-state index in [9.17, 15) is 9.90 Å². The fraction of sp³-hybridized carbons (Fsp3) is 0.294. The first-order valence-electron chi connectivity index (χ1n) is 7.07. The van der Waals surface area contributed by atoms with Gasteiger partial charge >= 0.3 is 5.97 Å². The van der Waals surface area contributed by atoms with Gasteiger partial charge in [0.15, 0.2) is 0 Å². The molecule has 1 aliphatic heterocycles. The Morgan fingerprint density at radius 2 is 2.05 bits per heavy atom. The quantitative estimate of drug-likeness (QED) is 0.916. The van der Waals surface area contributed by atoms with Crippen LogP contribution in [-0.2, 0) is 6.42 Å². The first kappa shape index (κ1) is 13.6. The van der Waals surface area contributed by atoms with Crippen molar-refractivity contribution in [3.63, 3.8) is 0 Å². The number of rotatable bonds is 2. The number of benzene rings is 1. The second-order valence-corrected chi connectivity index (χ2v) is 5.64. The molecule has 0 amide bonds. The molecule has 0 fully saturated rings. The average Bonchev–Trinajstić information content (AvgIpc) is 2.72. The number of anilines is 2. The normalized spacial score (nSPS) is 16.9. The van der Waals surface area contributed by atoms with Crippen molar-refractivity contribution >= 4 is 17.5 Å². The van der Waals surface area contributed by atoms with Crippen LogP contribution in [0, 0.1) is 13.8 Å². The zero-order valence-electron chi connectivity index (χ0n) is 12.4. The van der Waals surface area contributed by atoms with Crippen molar-refractivity contribution in [1.29, 1.82) is 0 Å². The van der Waals surface area contributed by atoms with Gasteiger partial charge in [0, 0.05) is 17.4 Å². The molecule has 1 unspecified atom stereocenters. The van der Waals surface area contributed by atoms with Gasteiger partial charge < -0.3 is 10.0 Å². The number of hydrogen-bond acceptors (Lipinski definition) is 3. The lowest BCUT2D eigenvalue weighted by Gasteiger charge is -2.26. The van der Waals surface area contributed by atoms with Crippen LogP contribution in [0.1, 0.15) is 34.1 Å². The number of aryl methyl sites for hydroxylation is 2. The molecule has 21 heavy (non-hydrogen) atoms. The molecule has 4 heteroatoms. The van der Waals surface area contributed by atoms with Crippen LogP contribution < -0.4 is 4.90 Å². The van der Waals surface area contributed by atoms with Gasteiger partial charge in [0.05, 0.1) is 0 Å². The molecular formula is C17H18N2O2. The van der Waals surface area contributed by atoms with Crippen molar-refractivity contribution in [3.05, 3.63) is 52.7 Å². The van der Waals surface area contributed by atoms with Crippen LogP contribution in [0.4, 0.5) is 11.5 Å². The van der Waals surface area contributed by atoms with E-state index in [2.05, 4.69) is 22.9 Å². The van der Waals surface area contributed by atoms with Crippen molar-refractivity contribution < 1.29 is 9.90 Å². The van der Waals surface area contributed by atoms with Crippen molar-refractivity contribution in [2.75, 3.05) is 4.90 Å². The van der Waals surface area contributed by atoms with Crippen LogP contribution in [0.5, 0.6) is 0 Å². The van der Waals surface area contributed by atoms with E-state index < -0.39 is 5.97 Å². The van der Waals surface area contributed by atoms with Gasteiger partial charge in [0.2, 0.25) is 0 Å². The highest BCUT2D eigenvalue weighted by molar-refractivity contribution is 5.96. The summed E-state index contributed by atoms with van der Waals surface area (Å²) >= 11 is 0.